The Morgan fingerprint density at radius 2 is 1.81 bits per heavy atom. The van der Waals surface area contributed by atoms with Crippen LogP contribution < -0.4 is 10.2 Å². The van der Waals surface area contributed by atoms with E-state index in [0.29, 0.717) is 18.8 Å². The summed E-state index contributed by atoms with van der Waals surface area (Å²) in [5, 5.41) is 2.86. The van der Waals surface area contributed by atoms with Crippen molar-refractivity contribution in [1.29, 1.82) is 0 Å². The van der Waals surface area contributed by atoms with Gasteiger partial charge in [-0.2, -0.15) is 4.31 Å². The van der Waals surface area contributed by atoms with Crippen molar-refractivity contribution in [2.24, 2.45) is 0 Å². The molecule has 1 fully saturated rings. The number of amides is 1. The first-order chi connectivity index (χ1) is 14.9. The van der Waals surface area contributed by atoms with Gasteiger partial charge in [0.25, 0.3) is 5.91 Å². The van der Waals surface area contributed by atoms with E-state index in [-0.39, 0.29) is 10.6 Å². The van der Waals surface area contributed by atoms with Crippen molar-refractivity contribution in [3.63, 3.8) is 0 Å². The molecule has 0 spiro atoms. The summed E-state index contributed by atoms with van der Waals surface area (Å²) in [6.07, 6.45) is 4.32. The Kier molecular flexibility index (Phi) is 7.58. The van der Waals surface area contributed by atoms with E-state index in [2.05, 4.69) is 32.0 Å². The molecule has 10 heteroatoms. The molecule has 9 nitrogen and oxygen atoms in total. The molecule has 0 bridgehead atoms. The second-order valence-electron chi connectivity index (χ2n) is 7.23. The normalized spacial score (nSPS) is 15.3. The Balaban J connectivity index is 1.97. The molecule has 2 aromatic rings. The maximum atomic E-state index is 13.0. The van der Waals surface area contributed by atoms with Gasteiger partial charge in [-0.05, 0) is 24.7 Å². The average molecular weight is 447 g/mol. The number of nitrogens with one attached hydrogen (secondary N) is 1. The van der Waals surface area contributed by atoms with Gasteiger partial charge in [0.1, 0.15) is 5.69 Å². The highest BCUT2D eigenvalue weighted by molar-refractivity contribution is 7.89. The third-order valence-corrected chi connectivity index (χ3v) is 7.56. The number of rotatable bonds is 8. The van der Waals surface area contributed by atoms with Gasteiger partial charge in [0.05, 0.1) is 22.5 Å². The zero-order chi connectivity index (χ0) is 22.4. The van der Waals surface area contributed by atoms with Crippen LogP contribution in [0.25, 0.3) is 0 Å². The third kappa shape index (κ3) is 5.20. The summed E-state index contributed by atoms with van der Waals surface area (Å²) in [4.78, 5) is 25.4. The van der Waals surface area contributed by atoms with Crippen molar-refractivity contribution in [2.75, 3.05) is 56.0 Å². The summed E-state index contributed by atoms with van der Waals surface area (Å²) in [6.45, 7) is 10.9. The average Bonchev–Trinajstić information content (AvgIpc) is 2.80. The minimum Gasteiger partial charge on any atom is -0.367 e. The molecular weight excluding hydrogens is 416 g/mol. The number of carbonyl (C=O) groups excluding carboxylic acids is 1. The fraction of sp³-hybridized carbons (Fsp3) is 0.476. The maximum absolute atomic E-state index is 13.0. The van der Waals surface area contributed by atoms with Crippen molar-refractivity contribution < 1.29 is 13.2 Å². The van der Waals surface area contributed by atoms with Crippen molar-refractivity contribution in [1.82, 2.24) is 19.2 Å². The van der Waals surface area contributed by atoms with Crippen molar-refractivity contribution in [3.05, 3.63) is 42.5 Å². The zero-order valence-electron chi connectivity index (χ0n) is 18.3. The molecule has 0 atom stereocenters. The van der Waals surface area contributed by atoms with E-state index in [1.807, 2.05) is 0 Å². The first kappa shape index (κ1) is 23.1. The summed E-state index contributed by atoms with van der Waals surface area (Å²) in [6, 6.07) is 4.95. The van der Waals surface area contributed by atoms with Gasteiger partial charge in [0, 0.05) is 51.7 Å². The molecule has 31 heavy (non-hydrogen) atoms. The van der Waals surface area contributed by atoms with Crippen molar-refractivity contribution in [3.8, 4) is 0 Å². The monoisotopic (exact) mass is 446 g/mol. The van der Waals surface area contributed by atoms with Gasteiger partial charge >= 0.3 is 0 Å². The molecule has 168 valence electrons. The molecule has 1 aromatic carbocycles. The molecular formula is C21H30N6O3S. The Morgan fingerprint density at radius 3 is 2.39 bits per heavy atom. The van der Waals surface area contributed by atoms with E-state index in [1.54, 1.807) is 32.0 Å². The number of likely N-dealkylation sites (N-methyl/N-ethyl adjacent to an activating group) is 1. The minimum absolute atomic E-state index is 0.154. The van der Waals surface area contributed by atoms with Crippen LogP contribution in [0.15, 0.2) is 41.7 Å². The van der Waals surface area contributed by atoms with E-state index in [0.717, 1.165) is 38.4 Å². The summed E-state index contributed by atoms with van der Waals surface area (Å²) < 4.78 is 27.5. The summed E-state index contributed by atoms with van der Waals surface area (Å²) in [5.74, 6) is -0.432. The van der Waals surface area contributed by atoms with Gasteiger partial charge in [-0.3, -0.25) is 9.78 Å². The highest BCUT2D eigenvalue weighted by atomic mass is 32.2. The molecule has 0 radical (unpaired) electrons. The Hall–Kier alpha value is -2.56. The van der Waals surface area contributed by atoms with E-state index < -0.39 is 15.9 Å². The van der Waals surface area contributed by atoms with Crippen LogP contribution in [0.2, 0.25) is 0 Å². The van der Waals surface area contributed by atoms with Crippen LogP contribution in [0.3, 0.4) is 0 Å². The number of aromatic nitrogens is 2. The number of anilines is 2. The number of benzene rings is 1. The first-order valence-corrected chi connectivity index (χ1v) is 12.0. The molecule has 0 aliphatic carbocycles. The summed E-state index contributed by atoms with van der Waals surface area (Å²) in [7, 11) is -3.66. The van der Waals surface area contributed by atoms with Gasteiger partial charge in [0.15, 0.2) is 0 Å². The summed E-state index contributed by atoms with van der Waals surface area (Å²) >= 11 is 0. The Bertz CT molecular complexity index is 987. The lowest BCUT2D eigenvalue weighted by atomic mass is 10.2. The summed E-state index contributed by atoms with van der Waals surface area (Å²) in [5.41, 5.74) is 1.42. The molecule has 1 aliphatic heterocycles. The minimum atomic E-state index is -3.66. The number of hydrogen-bond acceptors (Lipinski definition) is 7. The lowest BCUT2D eigenvalue weighted by Gasteiger charge is -2.36. The Labute approximate surface area is 184 Å². The second-order valence-corrected chi connectivity index (χ2v) is 9.17. The number of sulfonamides is 1. The van der Waals surface area contributed by atoms with Crippen LogP contribution in [-0.4, -0.2) is 79.3 Å². The van der Waals surface area contributed by atoms with Crippen molar-refractivity contribution >= 4 is 27.3 Å². The number of hydrogen-bond donors (Lipinski definition) is 1. The largest absolute Gasteiger partial charge is 0.367 e. The number of nitrogens with zero attached hydrogens (tertiary/aromatic N) is 5. The molecule has 3 rings (SSSR count). The third-order valence-electron chi connectivity index (χ3n) is 5.52. The van der Waals surface area contributed by atoms with E-state index in [4.69, 9.17) is 0 Å². The molecule has 0 unspecified atom stereocenters. The topological polar surface area (TPSA) is 98.7 Å². The Morgan fingerprint density at radius 1 is 1.10 bits per heavy atom. The number of carbonyl (C=O) groups is 1. The SMILES string of the molecule is CCN1CCN(c2ccc(S(=O)(=O)N(CC)CC)cc2NC(=O)c2cnccn2)CC1. The zero-order valence-corrected chi connectivity index (χ0v) is 19.1. The van der Waals surface area contributed by atoms with Crippen LogP contribution in [0.5, 0.6) is 0 Å². The standard InChI is InChI=1S/C21H30N6O3S/c1-4-25-11-13-26(14-12-25)20-8-7-17(31(29,30)27(5-2)6-3)15-18(20)24-21(28)19-16-22-9-10-23-19/h7-10,15-16H,4-6,11-14H2,1-3H3,(H,24,28). The lowest BCUT2D eigenvalue weighted by Crippen LogP contribution is -2.46. The van der Waals surface area contributed by atoms with Gasteiger partial charge in [-0.15, -0.1) is 0 Å². The first-order valence-electron chi connectivity index (χ1n) is 10.6. The molecule has 1 amide bonds. The highest BCUT2D eigenvalue weighted by Crippen LogP contribution is 2.31. The number of piperazine rings is 1. The molecule has 1 saturated heterocycles. The van der Waals surface area contributed by atoms with Gasteiger partial charge < -0.3 is 15.1 Å². The molecule has 0 saturated carbocycles. The van der Waals surface area contributed by atoms with E-state index in [9.17, 15) is 13.2 Å². The fourth-order valence-corrected chi connectivity index (χ4v) is 5.16. The maximum Gasteiger partial charge on any atom is 0.275 e. The molecule has 1 aromatic heterocycles. The van der Waals surface area contributed by atoms with Crippen LogP contribution in [-0.2, 0) is 10.0 Å². The quantitative estimate of drug-likeness (QED) is 0.661. The van der Waals surface area contributed by atoms with Crippen LogP contribution in [0.4, 0.5) is 11.4 Å². The fourth-order valence-electron chi connectivity index (χ4n) is 3.67. The van der Waals surface area contributed by atoms with Gasteiger partial charge in [-0.1, -0.05) is 20.8 Å². The second kappa shape index (κ2) is 10.2. The van der Waals surface area contributed by atoms with Gasteiger partial charge in [-0.25, -0.2) is 13.4 Å². The predicted molar refractivity (Wildman–Crippen MR) is 121 cm³/mol. The highest BCUT2D eigenvalue weighted by Gasteiger charge is 2.25. The smallest absolute Gasteiger partial charge is 0.275 e. The van der Waals surface area contributed by atoms with E-state index in [1.165, 1.54) is 22.9 Å². The molecule has 1 aliphatic rings. The molecule has 1 N–H and O–H groups in total. The van der Waals surface area contributed by atoms with E-state index >= 15 is 0 Å². The van der Waals surface area contributed by atoms with Crippen LogP contribution in [0.1, 0.15) is 31.3 Å². The lowest BCUT2D eigenvalue weighted by molar-refractivity contribution is 0.102. The predicted octanol–water partition coefficient (Wildman–Crippen LogP) is 1.90. The van der Waals surface area contributed by atoms with Gasteiger partial charge in [0.2, 0.25) is 10.0 Å². The van der Waals surface area contributed by atoms with Crippen LogP contribution >= 0.6 is 0 Å². The van der Waals surface area contributed by atoms with Crippen molar-refractivity contribution in [2.45, 2.75) is 25.7 Å². The molecule has 2 heterocycles. The van der Waals surface area contributed by atoms with Crippen LogP contribution in [0, 0.1) is 0 Å².